The molecule has 1 aliphatic heterocycles. The number of fused-ring (bicyclic) bond motifs is 2. The number of anilines is 1. The monoisotopic (exact) mass is 271 g/mol. The summed E-state index contributed by atoms with van der Waals surface area (Å²) in [5.41, 5.74) is 1.03. The predicted molar refractivity (Wildman–Crippen MR) is 77.8 cm³/mol. The lowest BCUT2D eigenvalue weighted by Gasteiger charge is -2.45. The van der Waals surface area contributed by atoms with Crippen molar-refractivity contribution >= 4 is 11.6 Å². The minimum absolute atomic E-state index is 0.687. The van der Waals surface area contributed by atoms with E-state index in [4.69, 9.17) is 0 Å². The van der Waals surface area contributed by atoms with Gasteiger partial charge in [0.15, 0.2) is 0 Å². The molecule has 2 atom stereocenters. The highest BCUT2D eigenvalue weighted by Gasteiger charge is 2.34. The molecule has 4 rings (SSSR count). The Morgan fingerprint density at radius 1 is 1.15 bits per heavy atom. The van der Waals surface area contributed by atoms with Crippen molar-refractivity contribution < 1.29 is 0 Å². The Balaban J connectivity index is 1.79. The summed E-state index contributed by atoms with van der Waals surface area (Å²) in [4.78, 5) is 11.3. The molecule has 20 heavy (non-hydrogen) atoms. The van der Waals surface area contributed by atoms with Gasteiger partial charge in [0.05, 0.1) is 0 Å². The number of nitrogens with zero attached hydrogens (tertiary/aromatic N) is 5. The molecule has 0 radical (unpaired) electrons. The second-order valence-electron chi connectivity index (χ2n) is 6.18. The molecule has 1 saturated carbocycles. The molecule has 3 heterocycles. The Labute approximate surface area is 119 Å². The maximum absolute atomic E-state index is 4.46. The average Bonchev–Trinajstić information content (AvgIpc) is 2.94. The van der Waals surface area contributed by atoms with Crippen LogP contribution in [0, 0.1) is 12.8 Å². The van der Waals surface area contributed by atoms with Crippen molar-refractivity contribution in [2.45, 2.75) is 51.5 Å². The van der Waals surface area contributed by atoms with Crippen LogP contribution in [-0.2, 0) is 0 Å². The minimum atomic E-state index is 0.687. The Kier molecular flexibility index (Phi) is 2.86. The zero-order valence-electron chi connectivity index (χ0n) is 12.0. The summed E-state index contributed by atoms with van der Waals surface area (Å²) in [6.45, 7) is 3.18. The average molecular weight is 271 g/mol. The first-order valence-electron chi connectivity index (χ1n) is 7.77. The lowest BCUT2D eigenvalue weighted by Crippen LogP contribution is -2.47. The molecule has 2 aromatic rings. The highest BCUT2D eigenvalue weighted by atomic mass is 15.4. The normalized spacial score (nSPS) is 26.8. The second-order valence-corrected chi connectivity index (χ2v) is 6.18. The standard InChI is InChI=1S/C15H21N5/c1-11-9-14(20-15(18-11)16-10-17-20)19-8-4-6-12-5-2-3-7-13(12)19/h9-10,12-13H,2-8H2,1H3/t12-,13-/m1/s1. The number of piperidine rings is 1. The molecule has 1 aliphatic carbocycles. The molecule has 0 bridgehead atoms. The predicted octanol–water partition coefficient (Wildman–Crippen LogP) is 2.59. The van der Waals surface area contributed by atoms with Crippen LogP contribution in [0.3, 0.4) is 0 Å². The summed E-state index contributed by atoms with van der Waals surface area (Å²) in [6, 6.07) is 2.85. The van der Waals surface area contributed by atoms with E-state index < -0.39 is 0 Å². The van der Waals surface area contributed by atoms with Crippen LogP contribution in [-0.4, -0.2) is 32.2 Å². The molecule has 0 amide bonds. The minimum Gasteiger partial charge on any atom is -0.353 e. The van der Waals surface area contributed by atoms with E-state index in [2.05, 4.69) is 26.0 Å². The van der Waals surface area contributed by atoms with Gasteiger partial charge in [0.2, 0.25) is 0 Å². The molecule has 0 aromatic carbocycles. The molecule has 5 heteroatoms. The molecule has 1 saturated heterocycles. The maximum atomic E-state index is 4.46. The number of hydrogen-bond donors (Lipinski definition) is 0. The van der Waals surface area contributed by atoms with Crippen LogP contribution in [0.25, 0.3) is 5.78 Å². The van der Waals surface area contributed by atoms with Gasteiger partial charge in [0, 0.05) is 24.3 Å². The molecule has 2 aliphatic rings. The van der Waals surface area contributed by atoms with Gasteiger partial charge in [-0.25, -0.2) is 4.98 Å². The second kappa shape index (κ2) is 4.72. The van der Waals surface area contributed by atoms with Gasteiger partial charge in [-0.05, 0) is 38.5 Å². The van der Waals surface area contributed by atoms with Crippen molar-refractivity contribution in [2.75, 3.05) is 11.4 Å². The number of aromatic nitrogens is 4. The SMILES string of the molecule is Cc1cc(N2CCC[C@H]3CCCC[C@H]32)n2ncnc2n1. The molecule has 0 unspecified atom stereocenters. The van der Waals surface area contributed by atoms with E-state index in [1.807, 2.05) is 11.4 Å². The van der Waals surface area contributed by atoms with Gasteiger partial charge in [0.25, 0.3) is 5.78 Å². The smallest absolute Gasteiger partial charge is 0.254 e. The van der Waals surface area contributed by atoms with Crippen molar-refractivity contribution in [1.29, 1.82) is 0 Å². The van der Waals surface area contributed by atoms with Gasteiger partial charge in [-0.15, -0.1) is 0 Å². The topological polar surface area (TPSA) is 46.3 Å². The first-order valence-corrected chi connectivity index (χ1v) is 7.77. The fourth-order valence-electron chi connectivity index (χ4n) is 4.03. The maximum Gasteiger partial charge on any atom is 0.254 e. The summed E-state index contributed by atoms with van der Waals surface area (Å²) in [5, 5.41) is 4.37. The van der Waals surface area contributed by atoms with E-state index in [9.17, 15) is 0 Å². The lowest BCUT2D eigenvalue weighted by molar-refractivity contribution is 0.242. The molecular weight excluding hydrogens is 250 g/mol. The zero-order valence-corrected chi connectivity index (χ0v) is 12.0. The van der Waals surface area contributed by atoms with E-state index in [1.165, 1.54) is 44.3 Å². The lowest BCUT2D eigenvalue weighted by atomic mass is 9.78. The molecule has 2 fully saturated rings. The fourth-order valence-corrected chi connectivity index (χ4v) is 4.03. The largest absolute Gasteiger partial charge is 0.353 e. The van der Waals surface area contributed by atoms with Crippen molar-refractivity contribution in [3.05, 3.63) is 18.1 Å². The molecule has 0 spiro atoms. The van der Waals surface area contributed by atoms with Gasteiger partial charge in [-0.2, -0.15) is 14.6 Å². The third kappa shape index (κ3) is 1.87. The molecule has 5 nitrogen and oxygen atoms in total. The number of rotatable bonds is 1. The van der Waals surface area contributed by atoms with E-state index >= 15 is 0 Å². The van der Waals surface area contributed by atoms with E-state index in [-0.39, 0.29) is 0 Å². The van der Waals surface area contributed by atoms with Gasteiger partial charge >= 0.3 is 0 Å². The number of aryl methyl sites for hydroxylation is 1. The Morgan fingerprint density at radius 3 is 2.95 bits per heavy atom. The van der Waals surface area contributed by atoms with E-state index in [1.54, 1.807) is 6.33 Å². The zero-order chi connectivity index (χ0) is 13.5. The van der Waals surface area contributed by atoms with Crippen LogP contribution in [0.1, 0.15) is 44.2 Å². The highest BCUT2D eigenvalue weighted by molar-refractivity contribution is 5.48. The molecule has 2 aromatic heterocycles. The van der Waals surface area contributed by atoms with Crippen LogP contribution in [0.15, 0.2) is 12.4 Å². The van der Waals surface area contributed by atoms with E-state index in [0.717, 1.165) is 23.9 Å². The first-order chi connectivity index (χ1) is 9.83. The van der Waals surface area contributed by atoms with Crippen molar-refractivity contribution in [3.63, 3.8) is 0 Å². The van der Waals surface area contributed by atoms with Crippen molar-refractivity contribution in [3.8, 4) is 0 Å². The molecular formula is C15H21N5. The van der Waals surface area contributed by atoms with Crippen LogP contribution >= 0.6 is 0 Å². The van der Waals surface area contributed by atoms with Crippen LogP contribution < -0.4 is 4.90 Å². The highest BCUT2D eigenvalue weighted by Crippen LogP contribution is 2.37. The molecule has 0 N–H and O–H groups in total. The quantitative estimate of drug-likeness (QED) is 0.800. The summed E-state index contributed by atoms with van der Waals surface area (Å²) < 4.78 is 1.91. The first kappa shape index (κ1) is 12.1. The third-order valence-electron chi connectivity index (χ3n) is 4.90. The van der Waals surface area contributed by atoms with E-state index in [0.29, 0.717) is 6.04 Å². The summed E-state index contributed by atoms with van der Waals surface area (Å²) in [7, 11) is 0. The summed E-state index contributed by atoms with van der Waals surface area (Å²) in [5.74, 6) is 2.77. The van der Waals surface area contributed by atoms with Gasteiger partial charge in [-0.3, -0.25) is 0 Å². The van der Waals surface area contributed by atoms with Crippen LogP contribution in [0.4, 0.5) is 5.82 Å². The molecule has 106 valence electrons. The van der Waals surface area contributed by atoms with Crippen LogP contribution in [0.5, 0.6) is 0 Å². The summed E-state index contributed by atoms with van der Waals surface area (Å²) >= 11 is 0. The Bertz CT molecular complexity index is 618. The van der Waals surface area contributed by atoms with Crippen molar-refractivity contribution in [2.24, 2.45) is 5.92 Å². The number of hydrogen-bond acceptors (Lipinski definition) is 4. The summed E-state index contributed by atoms with van der Waals surface area (Å²) in [6.07, 6.45) is 9.78. The van der Waals surface area contributed by atoms with Gasteiger partial charge < -0.3 is 4.90 Å². The van der Waals surface area contributed by atoms with Gasteiger partial charge in [-0.1, -0.05) is 12.8 Å². The third-order valence-corrected chi connectivity index (χ3v) is 4.90. The van der Waals surface area contributed by atoms with Crippen LogP contribution in [0.2, 0.25) is 0 Å². The Hall–Kier alpha value is -1.65. The fraction of sp³-hybridized carbons (Fsp3) is 0.667. The Morgan fingerprint density at radius 2 is 2.00 bits per heavy atom. The van der Waals surface area contributed by atoms with Gasteiger partial charge in [0.1, 0.15) is 12.1 Å². The van der Waals surface area contributed by atoms with Crippen molar-refractivity contribution in [1.82, 2.24) is 19.6 Å².